The first kappa shape index (κ1) is 22.5. The van der Waals surface area contributed by atoms with Gasteiger partial charge in [0, 0.05) is 67.6 Å². The molecule has 2 aromatic heterocycles. The van der Waals surface area contributed by atoms with Gasteiger partial charge in [0.15, 0.2) is 5.76 Å². The highest BCUT2D eigenvalue weighted by Gasteiger charge is 2.25. The lowest BCUT2D eigenvalue weighted by Crippen LogP contribution is -2.36. The van der Waals surface area contributed by atoms with Crippen LogP contribution >= 0.6 is 0 Å². The third kappa shape index (κ3) is 4.60. The number of amides is 1. The number of nitrogens with two attached hydrogens (primary N) is 1. The number of nitrogens with zero attached hydrogens (tertiary/aromatic N) is 3. The molecule has 33 heavy (non-hydrogen) atoms. The van der Waals surface area contributed by atoms with Gasteiger partial charge >= 0.3 is 0 Å². The predicted octanol–water partition coefficient (Wildman–Crippen LogP) is 4.39. The summed E-state index contributed by atoms with van der Waals surface area (Å²) < 4.78 is 5.79. The van der Waals surface area contributed by atoms with Gasteiger partial charge in [-0.3, -0.25) is 9.78 Å². The van der Waals surface area contributed by atoms with Crippen LogP contribution in [0.2, 0.25) is 0 Å². The first-order valence-electron chi connectivity index (χ1n) is 11.3. The maximum atomic E-state index is 11.6. The number of allylic oxidation sites excluding steroid dienone is 1. The van der Waals surface area contributed by atoms with Gasteiger partial charge < -0.3 is 25.9 Å². The fraction of sp³-hybridized carbons (Fsp3) is 0.360. The molecule has 1 saturated heterocycles. The summed E-state index contributed by atoms with van der Waals surface area (Å²) in [4.78, 5) is 18.2. The van der Waals surface area contributed by atoms with E-state index in [0.29, 0.717) is 11.3 Å². The second-order valence-corrected chi connectivity index (χ2v) is 8.74. The zero-order valence-electron chi connectivity index (χ0n) is 19.3. The lowest BCUT2D eigenvalue weighted by atomic mass is 9.93. The third-order valence-electron chi connectivity index (χ3n) is 6.12. The summed E-state index contributed by atoms with van der Waals surface area (Å²) in [5, 5.41) is 16.5. The van der Waals surface area contributed by atoms with Crippen LogP contribution in [0.3, 0.4) is 0 Å². The molecular weight excluding hydrogens is 416 g/mol. The van der Waals surface area contributed by atoms with Crippen LogP contribution in [0.4, 0.5) is 5.69 Å². The van der Waals surface area contributed by atoms with Gasteiger partial charge in [-0.25, -0.2) is 0 Å². The molecule has 8 nitrogen and oxygen atoms in total. The summed E-state index contributed by atoms with van der Waals surface area (Å²) in [6, 6.07) is 8.02. The highest BCUT2D eigenvalue weighted by atomic mass is 16.5. The number of fused-ring (bicyclic) bond motifs is 1. The largest absolute Gasteiger partial charge is 0.404 e. The number of piperidine rings is 1. The molecule has 0 unspecified atom stereocenters. The summed E-state index contributed by atoms with van der Waals surface area (Å²) in [5.41, 5.74) is 10.7. The zero-order valence-corrected chi connectivity index (χ0v) is 19.3. The number of carbonyl (C=O) groups is 1. The lowest BCUT2D eigenvalue weighted by Gasteiger charge is -2.30. The van der Waals surface area contributed by atoms with E-state index in [-0.39, 0.29) is 17.9 Å². The highest BCUT2D eigenvalue weighted by molar-refractivity contribution is 6.10. The Balaban J connectivity index is 1.73. The average Bonchev–Trinajstić information content (AvgIpc) is 3.30. The molecule has 3 aromatic rings. The molecule has 1 aliphatic rings. The first-order chi connectivity index (χ1) is 15.9. The number of hydrogen-bond acceptors (Lipinski definition) is 7. The van der Waals surface area contributed by atoms with Crippen molar-refractivity contribution in [2.24, 2.45) is 5.73 Å². The van der Waals surface area contributed by atoms with Crippen molar-refractivity contribution in [3.05, 3.63) is 47.9 Å². The minimum Gasteiger partial charge on any atom is -0.404 e. The van der Waals surface area contributed by atoms with Crippen molar-refractivity contribution in [2.45, 2.75) is 45.6 Å². The lowest BCUT2D eigenvalue weighted by molar-refractivity contribution is -0.129. The van der Waals surface area contributed by atoms with E-state index in [2.05, 4.69) is 29.3 Å². The van der Waals surface area contributed by atoms with Gasteiger partial charge in [-0.05, 0) is 44.4 Å². The Kier molecular flexibility index (Phi) is 6.44. The highest BCUT2D eigenvalue weighted by Crippen LogP contribution is 2.37. The van der Waals surface area contributed by atoms with Crippen molar-refractivity contribution in [3.63, 3.8) is 0 Å². The second-order valence-electron chi connectivity index (χ2n) is 8.74. The van der Waals surface area contributed by atoms with Crippen molar-refractivity contribution < 1.29 is 9.32 Å². The normalized spacial score (nSPS) is 15.3. The Morgan fingerprint density at radius 3 is 2.70 bits per heavy atom. The smallest absolute Gasteiger partial charge is 0.219 e. The van der Waals surface area contributed by atoms with E-state index < -0.39 is 0 Å². The van der Waals surface area contributed by atoms with E-state index in [4.69, 9.17) is 15.7 Å². The number of nitrogens with one attached hydrogen (secondary N) is 2. The summed E-state index contributed by atoms with van der Waals surface area (Å²) in [5.74, 6) is 1.05. The number of pyridine rings is 1. The molecule has 8 heteroatoms. The average molecular weight is 447 g/mol. The topological polar surface area (TPSA) is 121 Å². The van der Waals surface area contributed by atoms with Gasteiger partial charge in [0.05, 0.1) is 22.5 Å². The van der Waals surface area contributed by atoms with Gasteiger partial charge in [-0.2, -0.15) is 0 Å². The Morgan fingerprint density at radius 2 is 2.06 bits per heavy atom. The number of hydrogen-bond donors (Lipinski definition) is 3. The number of carbonyl (C=O) groups excluding carboxylic acids is 1. The molecule has 1 fully saturated rings. The molecule has 0 radical (unpaired) electrons. The molecule has 1 aliphatic heterocycles. The minimum atomic E-state index is 0.121. The van der Waals surface area contributed by atoms with Gasteiger partial charge in [-0.15, -0.1) is 0 Å². The summed E-state index contributed by atoms with van der Waals surface area (Å²) in [7, 11) is 0. The quantitative estimate of drug-likeness (QED) is 0.483. The predicted molar refractivity (Wildman–Crippen MR) is 131 cm³/mol. The van der Waals surface area contributed by atoms with Crippen LogP contribution in [-0.2, 0) is 4.79 Å². The zero-order chi connectivity index (χ0) is 23.5. The summed E-state index contributed by atoms with van der Waals surface area (Å²) >= 11 is 0. The van der Waals surface area contributed by atoms with Gasteiger partial charge in [0.2, 0.25) is 5.91 Å². The number of likely N-dealkylation sites (tertiary alicyclic amines) is 1. The van der Waals surface area contributed by atoms with Gasteiger partial charge in [0.1, 0.15) is 0 Å². The van der Waals surface area contributed by atoms with E-state index in [0.717, 1.165) is 59.3 Å². The van der Waals surface area contributed by atoms with Crippen molar-refractivity contribution in [1.82, 2.24) is 15.0 Å². The maximum Gasteiger partial charge on any atom is 0.219 e. The molecule has 4 N–H and O–H groups in total. The Hall–Kier alpha value is -3.68. The van der Waals surface area contributed by atoms with E-state index in [1.165, 1.54) is 12.4 Å². The molecule has 3 heterocycles. The van der Waals surface area contributed by atoms with Gasteiger partial charge in [0.25, 0.3) is 0 Å². The van der Waals surface area contributed by atoms with Crippen molar-refractivity contribution in [1.29, 1.82) is 5.41 Å². The monoisotopic (exact) mass is 446 g/mol. The molecule has 172 valence electrons. The number of rotatable bonds is 6. The summed E-state index contributed by atoms with van der Waals surface area (Å²) in [6.45, 7) is 7.26. The molecule has 4 rings (SSSR count). The molecule has 0 saturated carbocycles. The molecule has 0 spiro atoms. The van der Waals surface area contributed by atoms with Crippen molar-refractivity contribution in [3.8, 4) is 11.3 Å². The molecule has 0 aliphatic carbocycles. The van der Waals surface area contributed by atoms with Crippen LogP contribution in [0.15, 0.2) is 41.2 Å². The molecule has 1 amide bonds. The van der Waals surface area contributed by atoms with Crippen LogP contribution in [0.5, 0.6) is 0 Å². The van der Waals surface area contributed by atoms with Crippen LogP contribution in [-0.4, -0.2) is 46.3 Å². The van der Waals surface area contributed by atoms with E-state index in [1.54, 1.807) is 6.92 Å². The minimum absolute atomic E-state index is 0.121. The standard InChI is InChI=1S/C25H30N6O2/c1-15(2)29-25-20-10-18(19(12-26)13-27)4-5-22(20)28-14-21(25)24-11-23(30-33-24)17-6-8-31(9-7-17)16(3)32/h4-5,10-15,17,26H,6-9,27H2,1-3H3,(H,28,29)/b19-13+,26-12?. The number of aromatic nitrogens is 2. The molecule has 0 atom stereocenters. The van der Waals surface area contributed by atoms with Crippen LogP contribution in [0, 0.1) is 5.41 Å². The fourth-order valence-corrected chi connectivity index (χ4v) is 4.33. The number of anilines is 1. The molecule has 0 bridgehead atoms. The van der Waals surface area contributed by atoms with Crippen molar-refractivity contribution >= 4 is 34.3 Å². The molecular formula is C25H30N6O2. The third-order valence-corrected chi connectivity index (χ3v) is 6.12. The van der Waals surface area contributed by atoms with Crippen LogP contribution in [0.25, 0.3) is 27.8 Å². The SMILES string of the molecule is CC(=O)N1CCC(c2cc(-c3cnc4ccc(/C(C=N)=C/N)cc4c3NC(C)C)on2)CC1. The van der Waals surface area contributed by atoms with Crippen molar-refractivity contribution in [2.75, 3.05) is 18.4 Å². The second kappa shape index (κ2) is 9.44. The molecule has 1 aromatic carbocycles. The number of benzene rings is 1. The first-order valence-corrected chi connectivity index (χ1v) is 11.3. The van der Waals surface area contributed by atoms with Crippen LogP contribution < -0.4 is 11.1 Å². The van der Waals surface area contributed by atoms with E-state index in [1.807, 2.05) is 35.4 Å². The summed E-state index contributed by atoms with van der Waals surface area (Å²) in [6.07, 6.45) is 6.24. The Labute approximate surface area is 193 Å². The van der Waals surface area contributed by atoms with Gasteiger partial charge in [-0.1, -0.05) is 11.2 Å². The maximum absolute atomic E-state index is 11.6. The van der Waals surface area contributed by atoms with Crippen LogP contribution in [0.1, 0.15) is 50.8 Å². The van der Waals surface area contributed by atoms with E-state index in [9.17, 15) is 4.79 Å². The fourth-order valence-electron chi connectivity index (χ4n) is 4.33. The van der Waals surface area contributed by atoms with E-state index >= 15 is 0 Å². The Morgan fingerprint density at radius 1 is 1.30 bits per heavy atom. The Bertz CT molecular complexity index is 1200.